The van der Waals surface area contributed by atoms with E-state index in [-0.39, 0.29) is 46.9 Å². The fourth-order valence-corrected chi connectivity index (χ4v) is 8.83. The molecule has 0 saturated carbocycles. The molecule has 0 unspecified atom stereocenters. The summed E-state index contributed by atoms with van der Waals surface area (Å²) in [4.78, 5) is 39.3. The molecule has 5 aliphatic rings. The summed E-state index contributed by atoms with van der Waals surface area (Å²) in [6.45, 7) is 6.73. The van der Waals surface area contributed by atoms with Crippen molar-refractivity contribution >= 4 is 29.1 Å². The Kier molecular flexibility index (Phi) is 10.9. The zero-order chi connectivity index (χ0) is 38.8. The number of nitrogens with one attached hydrogen (secondary N) is 2. The van der Waals surface area contributed by atoms with Crippen LogP contribution in [-0.4, -0.2) is 80.1 Å². The van der Waals surface area contributed by atoms with Crippen molar-refractivity contribution < 1.29 is 33.0 Å². The van der Waals surface area contributed by atoms with Crippen molar-refractivity contribution in [1.29, 1.82) is 0 Å². The third kappa shape index (κ3) is 8.07. The van der Waals surface area contributed by atoms with Crippen LogP contribution in [0, 0.1) is 17.6 Å². The van der Waals surface area contributed by atoms with Gasteiger partial charge in [-0.05, 0) is 72.2 Å². The number of carbonyl (C=O) groups is 3. The van der Waals surface area contributed by atoms with E-state index in [1.165, 1.54) is 6.07 Å². The van der Waals surface area contributed by atoms with E-state index in [9.17, 15) is 23.9 Å². The van der Waals surface area contributed by atoms with Crippen LogP contribution in [-0.2, 0) is 16.1 Å². The van der Waals surface area contributed by atoms with Gasteiger partial charge in [0.05, 0.1) is 18.0 Å². The molecule has 3 N–H and O–H groups in total. The number of phenols is 1. The molecule has 0 aliphatic carbocycles. The monoisotopic (exact) mass is 763 g/mol. The zero-order valence-electron chi connectivity index (χ0n) is 31.3. The van der Waals surface area contributed by atoms with Crippen LogP contribution in [0.5, 0.6) is 11.5 Å². The summed E-state index contributed by atoms with van der Waals surface area (Å²) in [7, 11) is 0. The number of phenolic OH excluding ortho intramolecular Hbond substituents is 1. The summed E-state index contributed by atoms with van der Waals surface area (Å²) in [5, 5.41) is 15.1. The SMILES string of the molecule is O=C1CCCC(=O)N1.O=C1NCc2cc(N3CCN(CC4CCN(c5ccc([C@@H]6c7ccc(O)cc7OC[C@@H]6c6ccccc6)cc5F)CC4)CC3)c(F)cc21. The number of piperidine rings is 2. The first-order valence-corrected chi connectivity index (χ1v) is 19.7. The molecule has 0 bridgehead atoms. The second-order valence-electron chi connectivity index (χ2n) is 15.4. The number of anilines is 2. The van der Waals surface area contributed by atoms with E-state index in [0.29, 0.717) is 61.0 Å². The Hall–Kier alpha value is -5.49. The normalized spacial score (nSPS) is 21.3. The molecule has 292 valence electrons. The molecule has 4 aromatic rings. The maximum absolute atomic E-state index is 16.0. The summed E-state index contributed by atoms with van der Waals surface area (Å²) < 4.78 is 36.9. The largest absolute Gasteiger partial charge is 0.508 e. The van der Waals surface area contributed by atoms with Gasteiger partial charge in [-0.25, -0.2) is 8.78 Å². The highest BCUT2D eigenvalue weighted by Crippen LogP contribution is 2.47. The number of ether oxygens (including phenoxy) is 1. The second kappa shape index (κ2) is 16.3. The molecule has 56 heavy (non-hydrogen) atoms. The number of halogens is 2. The van der Waals surface area contributed by atoms with Crippen LogP contribution in [0.4, 0.5) is 20.2 Å². The average molecular weight is 764 g/mol. The lowest BCUT2D eigenvalue weighted by Crippen LogP contribution is -2.49. The van der Waals surface area contributed by atoms with Crippen molar-refractivity contribution in [3.05, 3.63) is 118 Å². The van der Waals surface area contributed by atoms with Crippen LogP contribution < -0.4 is 25.2 Å². The first-order chi connectivity index (χ1) is 27.2. The second-order valence-corrected chi connectivity index (χ2v) is 15.4. The molecule has 0 aromatic heterocycles. The summed E-state index contributed by atoms with van der Waals surface area (Å²) >= 11 is 0. The Labute approximate surface area is 325 Å². The first-order valence-electron chi connectivity index (χ1n) is 19.7. The number of fused-ring (bicyclic) bond motifs is 2. The number of aromatic hydroxyl groups is 1. The number of nitrogens with zero attached hydrogens (tertiary/aromatic N) is 3. The van der Waals surface area contributed by atoms with E-state index in [4.69, 9.17) is 4.74 Å². The van der Waals surface area contributed by atoms with E-state index >= 15 is 4.39 Å². The molecule has 5 aliphatic heterocycles. The van der Waals surface area contributed by atoms with Gasteiger partial charge in [-0.15, -0.1) is 0 Å². The molecule has 0 radical (unpaired) electrons. The fraction of sp³-hybridized carbons (Fsp3) is 0.386. The van der Waals surface area contributed by atoms with Crippen molar-refractivity contribution in [2.24, 2.45) is 5.92 Å². The lowest BCUT2D eigenvalue weighted by atomic mass is 9.76. The third-order valence-corrected chi connectivity index (χ3v) is 11.8. The number of rotatable bonds is 6. The minimum atomic E-state index is -0.333. The molecular weight excluding hydrogens is 717 g/mol. The van der Waals surface area contributed by atoms with Crippen LogP contribution in [0.3, 0.4) is 0 Å². The molecule has 9 rings (SSSR count). The summed E-state index contributed by atoms with van der Waals surface area (Å²) in [5.74, 6) is 0.222. The smallest absolute Gasteiger partial charge is 0.252 e. The van der Waals surface area contributed by atoms with Gasteiger partial charge in [0.2, 0.25) is 11.8 Å². The Balaban J connectivity index is 0.000000493. The molecule has 10 nitrogen and oxygen atoms in total. The van der Waals surface area contributed by atoms with Crippen LogP contribution in [0.25, 0.3) is 0 Å². The number of hydrogen-bond donors (Lipinski definition) is 3. The van der Waals surface area contributed by atoms with E-state index < -0.39 is 0 Å². The number of piperazine rings is 1. The van der Waals surface area contributed by atoms with Gasteiger partial charge in [-0.1, -0.05) is 42.5 Å². The van der Waals surface area contributed by atoms with E-state index in [2.05, 4.69) is 43.5 Å². The average Bonchev–Trinajstić information content (AvgIpc) is 3.56. The summed E-state index contributed by atoms with van der Waals surface area (Å²) in [6.07, 6.45) is 3.71. The molecule has 0 spiro atoms. The van der Waals surface area contributed by atoms with Gasteiger partial charge in [0.1, 0.15) is 23.1 Å². The summed E-state index contributed by atoms with van der Waals surface area (Å²) in [5.41, 5.74) is 5.53. The maximum atomic E-state index is 16.0. The number of hydrogen-bond acceptors (Lipinski definition) is 8. The predicted octanol–water partition coefficient (Wildman–Crippen LogP) is 6.07. The van der Waals surface area contributed by atoms with Gasteiger partial charge in [0, 0.05) is 94.2 Å². The number of amides is 3. The number of benzene rings is 4. The quantitative estimate of drug-likeness (QED) is 0.203. The summed E-state index contributed by atoms with van der Waals surface area (Å²) in [6, 6.07) is 24.3. The van der Waals surface area contributed by atoms with Crippen molar-refractivity contribution in [2.45, 2.75) is 50.5 Å². The Morgan fingerprint density at radius 1 is 0.750 bits per heavy atom. The first kappa shape index (κ1) is 37.4. The Morgan fingerprint density at radius 2 is 1.46 bits per heavy atom. The zero-order valence-corrected chi connectivity index (χ0v) is 31.3. The molecule has 3 amide bonds. The number of imide groups is 1. The van der Waals surface area contributed by atoms with Gasteiger partial charge < -0.3 is 25.0 Å². The molecule has 3 fully saturated rings. The van der Waals surface area contributed by atoms with Crippen molar-refractivity contribution in [3.8, 4) is 11.5 Å². The highest BCUT2D eigenvalue weighted by molar-refractivity contribution is 5.99. The van der Waals surface area contributed by atoms with Gasteiger partial charge in [0.25, 0.3) is 5.91 Å². The molecule has 2 atom stereocenters. The molecule has 3 saturated heterocycles. The van der Waals surface area contributed by atoms with E-state index in [0.717, 1.165) is 80.9 Å². The highest BCUT2D eigenvalue weighted by Gasteiger charge is 2.35. The molecule has 12 heteroatoms. The van der Waals surface area contributed by atoms with Crippen LogP contribution in [0.2, 0.25) is 0 Å². The lowest BCUT2D eigenvalue weighted by molar-refractivity contribution is -0.132. The standard InChI is InChI=1S/C39H40F2N4O3.C5H7NO2/c40-33-18-27(38-30-8-7-29(46)20-37(30)48-24-32(38)26-4-2-1-3-5-26)6-9-35(33)44-12-10-25(11-13-44)23-43-14-16-45(17-15-43)36-19-28-22-42-39(47)31(28)21-34(36)41;7-4-2-1-3-5(8)6-4/h1-9,18-21,25,32,38,46H,10-17,22-24H2,(H,42,47);1-3H2,(H,6,7,8)/t32-,38-;/m1./s1. The van der Waals surface area contributed by atoms with Crippen molar-refractivity contribution in [2.75, 3.05) is 62.2 Å². The van der Waals surface area contributed by atoms with Gasteiger partial charge >= 0.3 is 0 Å². The van der Waals surface area contributed by atoms with Gasteiger partial charge in [-0.3, -0.25) is 24.6 Å². The van der Waals surface area contributed by atoms with Gasteiger partial charge in [0.15, 0.2) is 0 Å². The fourth-order valence-electron chi connectivity index (χ4n) is 8.83. The highest BCUT2D eigenvalue weighted by atomic mass is 19.1. The van der Waals surface area contributed by atoms with Crippen LogP contribution >= 0.6 is 0 Å². The molecular formula is C44H47F2N5O5. The topological polar surface area (TPSA) is 114 Å². The van der Waals surface area contributed by atoms with Gasteiger partial charge in [-0.2, -0.15) is 0 Å². The van der Waals surface area contributed by atoms with Crippen molar-refractivity contribution in [1.82, 2.24) is 15.5 Å². The Morgan fingerprint density at radius 3 is 2.16 bits per heavy atom. The van der Waals surface area contributed by atoms with E-state index in [1.54, 1.807) is 18.2 Å². The number of carbonyl (C=O) groups excluding carboxylic acids is 3. The third-order valence-electron chi connectivity index (χ3n) is 11.8. The van der Waals surface area contributed by atoms with E-state index in [1.807, 2.05) is 36.4 Å². The molecule has 4 aromatic carbocycles. The van der Waals surface area contributed by atoms with Crippen LogP contribution in [0.1, 0.15) is 76.6 Å². The van der Waals surface area contributed by atoms with Crippen molar-refractivity contribution in [3.63, 3.8) is 0 Å². The minimum absolute atomic E-state index is 0.0153. The van der Waals surface area contributed by atoms with Crippen LogP contribution in [0.15, 0.2) is 78.9 Å². The lowest BCUT2D eigenvalue weighted by Gasteiger charge is -2.40. The molecule has 5 heterocycles. The maximum Gasteiger partial charge on any atom is 0.252 e. The predicted molar refractivity (Wildman–Crippen MR) is 209 cm³/mol. The minimum Gasteiger partial charge on any atom is -0.508 e. The Bertz CT molecular complexity index is 2090.